The van der Waals surface area contributed by atoms with Crippen LogP contribution in [0.3, 0.4) is 0 Å². The Morgan fingerprint density at radius 3 is 2.27 bits per heavy atom. The van der Waals surface area contributed by atoms with Crippen LogP contribution in [-0.2, 0) is 4.79 Å². The average molecular weight is 301 g/mol. The molecule has 6 nitrogen and oxygen atoms in total. The van der Waals surface area contributed by atoms with Gasteiger partial charge < -0.3 is 10.5 Å². The quantitative estimate of drug-likeness (QED) is 0.855. The first-order valence-corrected chi connectivity index (χ1v) is 6.94. The van der Waals surface area contributed by atoms with Crippen LogP contribution in [-0.4, -0.2) is 27.6 Å². The molecule has 0 aliphatic heterocycles. The first kappa shape index (κ1) is 15.8. The largest absolute Gasteiger partial charge is 0.481 e. The fourth-order valence-corrected chi connectivity index (χ4v) is 2.33. The Morgan fingerprint density at radius 2 is 1.82 bits per heavy atom. The van der Waals surface area contributed by atoms with Gasteiger partial charge in [-0.25, -0.2) is 4.68 Å². The minimum atomic E-state index is -0.691. The summed E-state index contributed by atoms with van der Waals surface area (Å²) < 4.78 is 7.12. The number of rotatable bonds is 5. The van der Waals surface area contributed by atoms with E-state index >= 15 is 0 Å². The van der Waals surface area contributed by atoms with Gasteiger partial charge in [-0.1, -0.05) is 0 Å². The van der Waals surface area contributed by atoms with Crippen LogP contribution in [0, 0.1) is 13.8 Å². The van der Waals surface area contributed by atoms with E-state index in [-0.39, 0.29) is 5.78 Å². The summed E-state index contributed by atoms with van der Waals surface area (Å²) in [5, 5.41) is 4.40. The first-order chi connectivity index (χ1) is 10.3. The molecule has 0 saturated carbocycles. The summed E-state index contributed by atoms with van der Waals surface area (Å²) in [4.78, 5) is 22.6. The maximum absolute atomic E-state index is 11.7. The van der Waals surface area contributed by atoms with Crippen molar-refractivity contribution in [2.75, 3.05) is 0 Å². The van der Waals surface area contributed by atoms with Gasteiger partial charge in [-0.2, -0.15) is 5.10 Å². The minimum Gasteiger partial charge on any atom is -0.481 e. The van der Waals surface area contributed by atoms with Crippen LogP contribution in [0.25, 0.3) is 5.69 Å². The number of primary amides is 1. The zero-order chi connectivity index (χ0) is 16.4. The average Bonchev–Trinajstić information content (AvgIpc) is 2.74. The van der Waals surface area contributed by atoms with Crippen molar-refractivity contribution in [2.24, 2.45) is 5.73 Å². The molecule has 2 aromatic rings. The summed E-state index contributed by atoms with van der Waals surface area (Å²) in [5.74, 6) is 0.0218. The molecule has 0 radical (unpaired) electrons. The number of aryl methyl sites for hydroxylation is 1. The molecule has 6 heteroatoms. The summed E-state index contributed by atoms with van der Waals surface area (Å²) in [6, 6.07) is 7.09. The lowest BCUT2D eigenvalue weighted by atomic mass is 10.1. The third kappa shape index (κ3) is 3.00. The molecule has 1 atom stereocenters. The Hall–Kier alpha value is -2.63. The molecule has 0 fully saturated rings. The van der Waals surface area contributed by atoms with Crippen molar-refractivity contribution >= 4 is 11.7 Å². The number of ether oxygens (including phenoxy) is 1. The number of carbonyl (C=O) groups excluding carboxylic acids is 2. The highest BCUT2D eigenvalue weighted by Gasteiger charge is 2.16. The van der Waals surface area contributed by atoms with Gasteiger partial charge in [0.2, 0.25) is 0 Å². The van der Waals surface area contributed by atoms with E-state index < -0.39 is 12.0 Å². The predicted molar refractivity (Wildman–Crippen MR) is 82.3 cm³/mol. The number of ketones is 1. The summed E-state index contributed by atoms with van der Waals surface area (Å²) in [7, 11) is 0. The van der Waals surface area contributed by atoms with E-state index in [9.17, 15) is 9.59 Å². The van der Waals surface area contributed by atoms with Crippen LogP contribution < -0.4 is 10.5 Å². The molecule has 0 aliphatic rings. The fourth-order valence-electron chi connectivity index (χ4n) is 2.33. The fraction of sp³-hybridized carbons (Fsp3) is 0.312. The molecule has 0 spiro atoms. The molecular weight excluding hydrogens is 282 g/mol. The van der Waals surface area contributed by atoms with E-state index in [2.05, 4.69) is 5.10 Å². The molecule has 0 saturated heterocycles. The highest BCUT2D eigenvalue weighted by molar-refractivity contribution is 5.96. The van der Waals surface area contributed by atoms with Crippen molar-refractivity contribution in [2.45, 2.75) is 33.8 Å². The zero-order valence-electron chi connectivity index (χ0n) is 13.1. The van der Waals surface area contributed by atoms with E-state index in [1.54, 1.807) is 23.7 Å². The second-order valence-corrected chi connectivity index (χ2v) is 5.17. The van der Waals surface area contributed by atoms with Crippen LogP contribution in [0.1, 0.15) is 35.6 Å². The lowest BCUT2D eigenvalue weighted by Gasteiger charge is -2.12. The third-order valence-corrected chi connectivity index (χ3v) is 3.44. The van der Waals surface area contributed by atoms with Gasteiger partial charge in [0, 0.05) is 0 Å². The Kier molecular flexibility index (Phi) is 4.30. The lowest BCUT2D eigenvalue weighted by molar-refractivity contribution is -0.123. The summed E-state index contributed by atoms with van der Waals surface area (Å²) in [6.45, 7) is 6.79. The summed E-state index contributed by atoms with van der Waals surface area (Å²) in [6.07, 6.45) is -0.691. The Bertz CT molecular complexity index is 717. The van der Waals surface area contributed by atoms with Crippen molar-refractivity contribution in [1.82, 2.24) is 9.78 Å². The molecule has 1 unspecified atom stereocenters. The number of Topliss-reactive ketones (excluding diaryl/α,β-unsaturated/α-hetero) is 1. The Labute approximate surface area is 128 Å². The minimum absolute atomic E-state index is 0.00325. The normalized spacial score (nSPS) is 12.0. The molecule has 1 aromatic carbocycles. The maximum Gasteiger partial charge on any atom is 0.258 e. The molecule has 1 heterocycles. The number of hydrogen-bond acceptors (Lipinski definition) is 4. The SMILES string of the molecule is CC(=O)c1c(C)nn(-c2ccc(OC(C)C(N)=O)cc2)c1C. The number of benzene rings is 1. The van der Waals surface area contributed by atoms with E-state index in [0.29, 0.717) is 17.0 Å². The van der Waals surface area contributed by atoms with E-state index in [0.717, 1.165) is 11.4 Å². The second-order valence-electron chi connectivity index (χ2n) is 5.17. The summed E-state index contributed by atoms with van der Waals surface area (Å²) >= 11 is 0. The molecule has 22 heavy (non-hydrogen) atoms. The summed E-state index contributed by atoms with van der Waals surface area (Å²) in [5.41, 5.74) is 8.11. The zero-order valence-corrected chi connectivity index (χ0v) is 13.1. The molecule has 116 valence electrons. The first-order valence-electron chi connectivity index (χ1n) is 6.94. The van der Waals surface area contributed by atoms with Crippen LogP contribution in [0.2, 0.25) is 0 Å². The molecule has 1 aromatic heterocycles. The van der Waals surface area contributed by atoms with Crippen LogP contribution in [0.5, 0.6) is 5.75 Å². The molecule has 2 N–H and O–H groups in total. The molecular formula is C16H19N3O3. The number of nitrogens with zero attached hydrogens (tertiary/aromatic N) is 2. The molecule has 0 aliphatic carbocycles. The van der Waals surface area contributed by atoms with Crippen LogP contribution in [0.4, 0.5) is 0 Å². The van der Waals surface area contributed by atoms with Crippen molar-refractivity contribution in [1.29, 1.82) is 0 Å². The van der Waals surface area contributed by atoms with Gasteiger partial charge in [0.05, 0.1) is 22.6 Å². The van der Waals surface area contributed by atoms with Gasteiger partial charge >= 0.3 is 0 Å². The van der Waals surface area contributed by atoms with E-state index in [4.69, 9.17) is 10.5 Å². The van der Waals surface area contributed by atoms with E-state index in [1.807, 2.05) is 26.0 Å². The van der Waals surface area contributed by atoms with Crippen LogP contribution >= 0.6 is 0 Å². The number of amides is 1. The standard InChI is InChI=1S/C16H19N3O3/c1-9-15(11(3)20)10(2)19(18-9)13-5-7-14(8-6-13)22-12(4)16(17)21/h5-8,12H,1-4H3,(H2,17,21). The molecule has 0 bridgehead atoms. The van der Waals surface area contributed by atoms with Gasteiger partial charge in [0.25, 0.3) is 5.91 Å². The highest BCUT2D eigenvalue weighted by Crippen LogP contribution is 2.21. The van der Waals surface area contributed by atoms with Gasteiger partial charge in [0.1, 0.15) is 5.75 Å². The van der Waals surface area contributed by atoms with Gasteiger partial charge in [-0.15, -0.1) is 0 Å². The number of hydrogen-bond donors (Lipinski definition) is 1. The van der Waals surface area contributed by atoms with Gasteiger partial charge in [-0.05, 0) is 52.0 Å². The Balaban J connectivity index is 2.30. The lowest BCUT2D eigenvalue weighted by Crippen LogP contribution is -2.30. The van der Waals surface area contributed by atoms with Crippen molar-refractivity contribution < 1.29 is 14.3 Å². The van der Waals surface area contributed by atoms with E-state index in [1.165, 1.54) is 6.92 Å². The number of carbonyl (C=O) groups is 2. The number of aromatic nitrogens is 2. The highest BCUT2D eigenvalue weighted by atomic mass is 16.5. The molecule has 2 rings (SSSR count). The Morgan fingerprint density at radius 1 is 1.23 bits per heavy atom. The van der Waals surface area contributed by atoms with Crippen molar-refractivity contribution in [3.8, 4) is 11.4 Å². The van der Waals surface area contributed by atoms with Crippen molar-refractivity contribution in [3.05, 3.63) is 41.2 Å². The van der Waals surface area contributed by atoms with Gasteiger partial charge in [0.15, 0.2) is 11.9 Å². The monoisotopic (exact) mass is 301 g/mol. The smallest absolute Gasteiger partial charge is 0.258 e. The maximum atomic E-state index is 11.7. The van der Waals surface area contributed by atoms with Crippen molar-refractivity contribution in [3.63, 3.8) is 0 Å². The molecule has 1 amide bonds. The second kappa shape index (κ2) is 6.01. The number of nitrogens with two attached hydrogens (primary N) is 1. The van der Waals surface area contributed by atoms with Gasteiger partial charge in [-0.3, -0.25) is 9.59 Å². The predicted octanol–water partition coefficient (Wildman–Crippen LogP) is 1.94. The van der Waals surface area contributed by atoms with Crippen LogP contribution in [0.15, 0.2) is 24.3 Å². The topological polar surface area (TPSA) is 87.2 Å². The third-order valence-electron chi connectivity index (χ3n) is 3.44.